The van der Waals surface area contributed by atoms with Crippen molar-refractivity contribution in [3.63, 3.8) is 0 Å². The minimum Gasteiger partial charge on any atom is -0.480 e. The highest BCUT2D eigenvalue weighted by Gasteiger charge is 2.38. The van der Waals surface area contributed by atoms with Crippen LogP contribution in [0.5, 0.6) is 0 Å². The van der Waals surface area contributed by atoms with Gasteiger partial charge in [0, 0.05) is 13.1 Å². The fourth-order valence-electron chi connectivity index (χ4n) is 3.54. The predicted octanol–water partition coefficient (Wildman–Crippen LogP) is -2.83. The van der Waals surface area contributed by atoms with Crippen molar-refractivity contribution >= 4 is 29.7 Å². The lowest BCUT2D eigenvalue weighted by molar-refractivity contribution is -0.149. The van der Waals surface area contributed by atoms with Gasteiger partial charge in [-0.3, -0.25) is 19.4 Å². The van der Waals surface area contributed by atoms with Gasteiger partial charge in [0.1, 0.15) is 18.1 Å². The molecule has 0 aromatic heterocycles. The Balaban J connectivity index is 2.92. The van der Waals surface area contributed by atoms with E-state index in [2.05, 4.69) is 15.6 Å². The summed E-state index contributed by atoms with van der Waals surface area (Å²) in [5, 5.41) is 14.6. The summed E-state index contributed by atoms with van der Waals surface area (Å²) in [6, 6.07) is -2.79. The fourth-order valence-corrected chi connectivity index (χ4v) is 3.54. The van der Waals surface area contributed by atoms with E-state index in [9.17, 15) is 24.3 Å². The lowest BCUT2D eigenvalue weighted by Crippen LogP contribution is -2.56. The third-order valence-corrected chi connectivity index (χ3v) is 5.16. The average Bonchev–Trinajstić information content (AvgIpc) is 3.24. The van der Waals surface area contributed by atoms with Gasteiger partial charge in [0.25, 0.3) is 0 Å². The van der Waals surface area contributed by atoms with E-state index in [1.54, 1.807) is 0 Å². The van der Waals surface area contributed by atoms with E-state index in [1.807, 2.05) is 0 Å². The van der Waals surface area contributed by atoms with Gasteiger partial charge in [-0.15, -0.1) is 0 Å². The lowest BCUT2D eigenvalue weighted by atomic mass is 10.0. The molecule has 0 aromatic rings. The van der Waals surface area contributed by atoms with Crippen molar-refractivity contribution in [1.29, 1.82) is 0 Å². The van der Waals surface area contributed by atoms with Crippen LogP contribution in [0.3, 0.4) is 0 Å². The third-order valence-electron chi connectivity index (χ3n) is 5.16. The molecule has 3 atom stereocenters. The molecule has 1 saturated heterocycles. The largest absolute Gasteiger partial charge is 0.480 e. The summed E-state index contributed by atoms with van der Waals surface area (Å²) in [5.41, 5.74) is 21.5. The second-order valence-corrected chi connectivity index (χ2v) is 7.65. The molecule has 1 heterocycles. The number of carboxylic acid groups (broad SMARTS) is 1. The minimum atomic E-state index is -1.07. The van der Waals surface area contributed by atoms with Crippen LogP contribution < -0.4 is 33.6 Å². The normalized spacial score (nSPS) is 17.3. The number of rotatable bonds is 14. The Morgan fingerprint density at radius 1 is 1.03 bits per heavy atom. The van der Waals surface area contributed by atoms with Gasteiger partial charge in [0.05, 0.1) is 6.54 Å². The molecule has 0 aliphatic carbocycles. The Morgan fingerprint density at radius 2 is 1.72 bits per heavy atom. The number of carbonyl (C=O) groups is 4. The van der Waals surface area contributed by atoms with E-state index >= 15 is 0 Å². The van der Waals surface area contributed by atoms with Crippen LogP contribution in [0.25, 0.3) is 0 Å². The number of carboxylic acids is 1. The van der Waals surface area contributed by atoms with Gasteiger partial charge < -0.3 is 43.6 Å². The molecule has 182 valence electrons. The first-order chi connectivity index (χ1) is 15.2. The van der Waals surface area contributed by atoms with Crippen molar-refractivity contribution in [2.75, 3.05) is 26.2 Å². The molecule has 1 aliphatic rings. The van der Waals surface area contributed by atoms with Crippen LogP contribution in [0.4, 0.5) is 0 Å². The Hall–Kier alpha value is -2.93. The second-order valence-electron chi connectivity index (χ2n) is 7.65. The average molecular weight is 457 g/mol. The summed E-state index contributed by atoms with van der Waals surface area (Å²) in [6.45, 7) is 0.698. The van der Waals surface area contributed by atoms with Crippen LogP contribution in [0.2, 0.25) is 0 Å². The van der Waals surface area contributed by atoms with Crippen LogP contribution in [-0.2, 0) is 19.2 Å². The number of aliphatic carboxylic acids is 1. The molecule has 13 heteroatoms. The molecule has 1 rings (SSSR count). The van der Waals surface area contributed by atoms with Crippen molar-refractivity contribution in [3.8, 4) is 0 Å². The first kappa shape index (κ1) is 27.1. The Labute approximate surface area is 187 Å². The number of nitrogens with zero attached hydrogens (tertiary/aromatic N) is 2. The number of guanidine groups is 1. The van der Waals surface area contributed by atoms with Gasteiger partial charge in [0.15, 0.2) is 5.96 Å². The molecule has 0 spiro atoms. The van der Waals surface area contributed by atoms with Crippen LogP contribution in [0, 0.1) is 0 Å². The zero-order chi connectivity index (χ0) is 24.1. The number of nitrogens with one attached hydrogen (secondary N) is 2. The van der Waals surface area contributed by atoms with Gasteiger partial charge >= 0.3 is 5.97 Å². The van der Waals surface area contributed by atoms with E-state index in [1.165, 1.54) is 4.90 Å². The summed E-state index contributed by atoms with van der Waals surface area (Å²) in [7, 11) is 0. The number of carbonyl (C=O) groups excluding carboxylic acids is 3. The van der Waals surface area contributed by atoms with Gasteiger partial charge in [-0.25, -0.2) is 4.79 Å². The van der Waals surface area contributed by atoms with Crippen LogP contribution in [0.1, 0.15) is 44.9 Å². The summed E-state index contributed by atoms with van der Waals surface area (Å²) in [6.07, 6.45) is 3.09. The molecule has 1 fully saturated rings. The molecule has 1 aliphatic heterocycles. The van der Waals surface area contributed by atoms with Gasteiger partial charge in [-0.2, -0.15) is 0 Å². The third kappa shape index (κ3) is 9.06. The molecule has 0 aromatic carbocycles. The molecule has 0 radical (unpaired) electrons. The van der Waals surface area contributed by atoms with Crippen molar-refractivity contribution in [1.82, 2.24) is 15.5 Å². The number of aliphatic imine (C=N–C) groups is 1. The first-order valence-electron chi connectivity index (χ1n) is 10.8. The Bertz CT molecular complexity index is 683. The lowest BCUT2D eigenvalue weighted by Gasteiger charge is -2.28. The summed E-state index contributed by atoms with van der Waals surface area (Å²) < 4.78 is 0. The maximum Gasteiger partial charge on any atom is 0.326 e. The predicted molar refractivity (Wildman–Crippen MR) is 118 cm³/mol. The van der Waals surface area contributed by atoms with E-state index in [0.29, 0.717) is 51.6 Å². The molecule has 32 heavy (non-hydrogen) atoms. The quantitative estimate of drug-likeness (QED) is 0.0809. The summed E-state index contributed by atoms with van der Waals surface area (Å²) in [4.78, 5) is 54.4. The molecule has 13 nitrogen and oxygen atoms in total. The zero-order valence-corrected chi connectivity index (χ0v) is 18.3. The van der Waals surface area contributed by atoms with Crippen molar-refractivity contribution < 1.29 is 24.3 Å². The summed E-state index contributed by atoms with van der Waals surface area (Å²) in [5.74, 6) is -2.70. The topological polar surface area (TPSA) is 232 Å². The maximum atomic E-state index is 13.1. The van der Waals surface area contributed by atoms with Crippen LogP contribution in [-0.4, -0.2) is 84.0 Å². The highest BCUT2D eigenvalue weighted by molar-refractivity contribution is 5.93. The first-order valence-corrected chi connectivity index (χ1v) is 10.8. The molecule has 0 bridgehead atoms. The number of hydrogen-bond donors (Lipinski definition) is 7. The van der Waals surface area contributed by atoms with Crippen LogP contribution in [0.15, 0.2) is 4.99 Å². The van der Waals surface area contributed by atoms with Gasteiger partial charge in [-0.1, -0.05) is 0 Å². The van der Waals surface area contributed by atoms with Gasteiger partial charge in [-0.05, 0) is 51.5 Å². The second kappa shape index (κ2) is 14.2. The van der Waals surface area contributed by atoms with E-state index in [0.717, 1.165) is 0 Å². The molecule has 11 N–H and O–H groups in total. The monoisotopic (exact) mass is 456 g/mol. The zero-order valence-electron chi connectivity index (χ0n) is 18.3. The van der Waals surface area contributed by atoms with Crippen molar-refractivity contribution in [2.45, 2.75) is 63.1 Å². The molecule has 3 unspecified atom stereocenters. The molecular weight excluding hydrogens is 420 g/mol. The minimum absolute atomic E-state index is 0.0823. The molecule has 0 saturated carbocycles. The fraction of sp³-hybridized carbons (Fsp3) is 0.737. The summed E-state index contributed by atoms with van der Waals surface area (Å²) >= 11 is 0. The molecular formula is C19H36N8O5. The number of amides is 3. The number of hydrogen-bond acceptors (Lipinski definition) is 7. The highest BCUT2D eigenvalue weighted by Crippen LogP contribution is 2.20. The molecule has 3 amide bonds. The smallest absolute Gasteiger partial charge is 0.326 e. The Morgan fingerprint density at radius 3 is 2.31 bits per heavy atom. The SMILES string of the molecule is NCCCCC(NC(=O)C(CCCN=C(N)N)NC(=O)CN)C(=O)N1CCCC1C(=O)O. The number of unbranched alkanes of at least 4 members (excludes halogenated alkanes) is 1. The van der Waals surface area contributed by atoms with Crippen molar-refractivity contribution in [2.24, 2.45) is 27.9 Å². The number of nitrogens with two attached hydrogens (primary N) is 4. The number of likely N-dealkylation sites (tertiary alicyclic amines) is 1. The highest BCUT2D eigenvalue weighted by atomic mass is 16.4. The van der Waals surface area contributed by atoms with E-state index in [-0.39, 0.29) is 25.5 Å². The van der Waals surface area contributed by atoms with Crippen LogP contribution >= 0.6 is 0 Å². The van der Waals surface area contributed by atoms with E-state index in [4.69, 9.17) is 22.9 Å². The maximum absolute atomic E-state index is 13.1. The van der Waals surface area contributed by atoms with E-state index < -0.39 is 41.8 Å². The van der Waals surface area contributed by atoms with Gasteiger partial charge in [0.2, 0.25) is 17.7 Å². The van der Waals surface area contributed by atoms with Crippen molar-refractivity contribution in [3.05, 3.63) is 0 Å². The standard InChI is InChI=1S/C19H36N8O5/c20-8-2-1-5-13(17(30)27-10-4-7-14(27)18(31)32)26-16(29)12(25-15(28)11-21)6-3-9-24-19(22)23/h12-14H,1-11,20-21H2,(H,25,28)(H,26,29)(H,31,32)(H4,22,23,24). The Kier molecular flexibility index (Phi) is 12.0.